The van der Waals surface area contributed by atoms with Crippen molar-refractivity contribution in [3.05, 3.63) is 71.6 Å². The lowest BCUT2D eigenvalue weighted by Gasteiger charge is -2.01. The summed E-state index contributed by atoms with van der Waals surface area (Å²) in [5.74, 6) is -0.188. The Bertz CT molecular complexity index is 806. The van der Waals surface area contributed by atoms with Crippen LogP contribution >= 0.6 is 11.6 Å². The Hall–Kier alpha value is -2.59. The fraction of sp³-hybridized carbons (Fsp3) is 0. The van der Waals surface area contributed by atoms with Crippen LogP contribution in [0.5, 0.6) is 0 Å². The van der Waals surface area contributed by atoms with E-state index in [0.29, 0.717) is 10.6 Å². The maximum absolute atomic E-state index is 11.9. The molecule has 3 aromatic rings. The zero-order valence-corrected chi connectivity index (χ0v) is 11.8. The van der Waals surface area contributed by atoms with E-state index >= 15 is 0 Å². The molecule has 104 valence electrons. The number of benzene rings is 2. The molecule has 0 saturated carbocycles. The van der Waals surface area contributed by atoms with E-state index in [-0.39, 0.29) is 5.91 Å². The molecule has 0 radical (unpaired) electrons. The van der Waals surface area contributed by atoms with Crippen molar-refractivity contribution >= 4 is 34.7 Å². The highest BCUT2D eigenvalue weighted by Crippen LogP contribution is 2.12. The van der Waals surface area contributed by atoms with E-state index in [1.54, 1.807) is 43.0 Å². The average Bonchev–Trinajstić information content (AvgIpc) is 2.91. The smallest absolute Gasteiger partial charge is 0.255 e. The topological polar surface area (TPSA) is 46.9 Å². The average molecular weight is 298 g/mol. The second kappa shape index (κ2) is 5.81. The highest BCUT2D eigenvalue weighted by molar-refractivity contribution is 6.30. The third-order valence-electron chi connectivity index (χ3n) is 3.04. The third-order valence-corrected chi connectivity index (χ3v) is 3.29. The maximum Gasteiger partial charge on any atom is 0.255 e. The molecule has 21 heavy (non-hydrogen) atoms. The first-order valence-corrected chi connectivity index (χ1v) is 6.76. The van der Waals surface area contributed by atoms with Crippen molar-refractivity contribution in [2.45, 2.75) is 0 Å². The molecule has 0 unspecified atom stereocenters. The number of amides is 1. The number of imidazole rings is 1. The van der Waals surface area contributed by atoms with Gasteiger partial charge in [0, 0.05) is 23.0 Å². The van der Waals surface area contributed by atoms with Crippen molar-refractivity contribution in [2.75, 3.05) is 0 Å². The first kappa shape index (κ1) is 13.4. The summed E-state index contributed by atoms with van der Waals surface area (Å²) in [7, 11) is 0. The van der Waals surface area contributed by atoms with Crippen LogP contribution in [0.2, 0.25) is 5.02 Å². The van der Waals surface area contributed by atoms with Gasteiger partial charge in [-0.1, -0.05) is 23.7 Å². The first-order chi connectivity index (χ1) is 10.2. The van der Waals surface area contributed by atoms with E-state index in [2.05, 4.69) is 10.3 Å². The minimum atomic E-state index is -0.188. The number of aromatic nitrogens is 2. The SMILES string of the molecule is O=C(NC=Cn1cnc2ccccc21)c1ccc(Cl)cc1. The minimum Gasteiger partial charge on any atom is -0.327 e. The highest BCUT2D eigenvalue weighted by Gasteiger charge is 2.02. The van der Waals surface area contributed by atoms with Crippen LogP contribution in [0.1, 0.15) is 10.4 Å². The summed E-state index contributed by atoms with van der Waals surface area (Å²) in [4.78, 5) is 16.2. The summed E-state index contributed by atoms with van der Waals surface area (Å²) < 4.78 is 1.84. The largest absolute Gasteiger partial charge is 0.327 e. The van der Waals surface area contributed by atoms with Crippen LogP contribution in [-0.4, -0.2) is 15.5 Å². The normalized spacial score (nSPS) is 11.1. The van der Waals surface area contributed by atoms with Gasteiger partial charge in [0.05, 0.1) is 17.4 Å². The van der Waals surface area contributed by atoms with Gasteiger partial charge in [-0.15, -0.1) is 0 Å². The Morgan fingerprint density at radius 3 is 2.71 bits per heavy atom. The van der Waals surface area contributed by atoms with Crippen molar-refractivity contribution in [3.8, 4) is 0 Å². The van der Waals surface area contributed by atoms with Crippen molar-refractivity contribution in [3.63, 3.8) is 0 Å². The molecular weight excluding hydrogens is 286 g/mol. The minimum absolute atomic E-state index is 0.188. The Balaban J connectivity index is 1.72. The fourth-order valence-corrected chi connectivity index (χ4v) is 2.10. The standard InChI is InChI=1S/C16H12ClN3O/c17-13-7-5-12(6-8-13)16(21)18-9-10-20-11-19-14-3-1-2-4-15(14)20/h1-11H,(H,18,21). The van der Waals surface area contributed by atoms with Crippen LogP contribution in [0.25, 0.3) is 17.2 Å². The van der Waals surface area contributed by atoms with Gasteiger partial charge < -0.3 is 9.88 Å². The van der Waals surface area contributed by atoms with Gasteiger partial charge in [-0.3, -0.25) is 4.79 Å². The van der Waals surface area contributed by atoms with Crippen molar-refractivity contribution in [1.82, 2.24) is 14.9 Å². The maximum atomic E-state index is 11.9. The third kappa shape index (κ3) is 2.95. The predicted molar refractivity (Wildman–Crippen MR) is 84.0 cm³/mol. The Kier molecular flexibility index (Phi) is 3.71. The Morgan fingerprint density at radius 2 is 1.90 bits per heavy atom. The number of hydrogen-bond donors (Lipinski definition) is 1. The monoisotopic (exact) mass is 297 g/mol. The molecule has 1 amide bonds. The molecule has 2 aromatic carbocycles. The molecule has 0 aliphatic carbocycles. The van der Waals surface area contributed by atoms with E-state index < -0.39 is 0 Å². The zero-order valence-electron chi connectivity index (χ0n) is 11.0. The van der Waals surface area contributed by atoms with Crippen LogP contribution < -0.4 is 5.32 Å². The van der Waals surface area contributed by atoms with Gasteiger partial charge in [0.1, 0.15) is 0 Å². The van der Waals surface area contributed by atoms with Gasteiger partial charge >= 0.3 is 0 Å². The van der Waals surface area contributed by atoms with E-state index in [0.717, 1.165) is 11.0 Å². The molecule has 0 saturated heterocycles. The van der Waals surface area contributed by atoms with E-state index in [1.165, 1.54) is 0 Å². The van der Waals surface area contributed by atoms with Crippen molar-refractivity contribution in [1.29, 1.82) is 0 Å². The molecule has 3 rings (SSSR count). The van der Waals surface area contributed by atoms with E-state index in [4.69, 9.17) is 11.6 Å². The summed E-state index contributed by atoms with van der Waals surface area (Å²) in [6.07, 6.45) is 5.05. The van der Waals surface area contributed by atoms with Crippen LogP contribution in [0.4, 0.5) is 0 Å². The van der Waals surface area contributed by atoms with Gasteiger partial charge in [-0.05, 0) is 36.4 Å². The van der Waals surface area contributed by atoms with Crippen LogP contribution in [0.15, 0.2) is 61.1 Å². The molecule has 1 aromatic heterocycles. The van der Waals surface area contributed by atoms with E-state index in [9.17, 15) is 4.79 Å². The highest BCUT2D eigenvalue weighted by atomic mass is 35.5. The number of halogens is 1. The molecule has 1 heterocycles. The molecule has 0 spiro atoms. The second-order valence-corrected chi connectivity index (χ2v) is 4.87. The second-order valence-electron chi connectivity index (χ2n) is 4.44. The number of fused-ring (bicyclic) bond motifs is 1. The summed E-state index contributed by atoms with van der Waals surface area (Å²) >= 11 is 5.79. The van der Waals surface area contributed by atoms with Crippen molar-refractivity contribution in [2.24, 2.45) is 0 Å². The Morgan fingerprint density at radius 1 is 1.14 bits per heavy atom. The molecule has 4 nitrogen and oxygen atoms in total. The number of hydrogen-bond acceptors (Lipinski definition) is 2. The summed E-state index contributed by atoms with van der Waals surface area (Å²) in [6.45, 7) is 0. The lowest BCUT2D eigenvalue weighted by Crippen LogP contribution is -2.16. The van der Waals surface area contributed by atoms with Gasteiger partial charge in [0.2, 0.25) is 0 Å². The lowest BCUT2D eigenvalue weighted by atomic mass is 10.2. The molecular formula is C16H12ClN3O. The van der Waals surface area contributed by atoms with Crippen LogP contribution in [-0.2, 0) is 0 Å². The molecule has 0 aliphatic rings. The molecule has 0 bridgehead atoms. The number of para-hydroxylation sites is 2. The van der Waals surface area contributed by atoms with Gasteiger partial charge in [-0.25, -0.2) is 4.98 Å². The lowest BCUT2D eigenvalue weighted by molar-refractivity contribution is 0.0970. The molecule has 5 heteroatoms. The molecule has 0 fully saturated rings. The van der Waals surface area contributed by atoms with Crippen LogP contribution in [0, 0.1) is 0 Å². The van der Waals surface area contributed by atoms with Gasteiger partial charge in [-0.2, -0.15) is 0 Å². The molecule has 0 aliphatic heterocycles. The van der Waals surface area contributed by atoms with E-state index in [1.807, 2.05) is 28.8 Å². The number of carbonyl (C=O) groups is 1. The van der Waals surface area contributed by atoms with Gasteiger partial charge in [0.15, 0.2) is 0 Å². The molecule has 1 N–H and O–H groups in total. The fourth-order valence-electron chi connectivity index (χ4n) is 1.97. The Labute approximate surface area is 126 Å². The van der Waals surface area contributed by atoms with Crippen LogP contribution in [0.3, 0.4) is 0 Å². The summed E-state index contributed by atoms with van der Waals surface area (Å²) in [5, 5.41) is 3.31. The number of nitrogens with one attached hydrogen (secondary N) is 1. The predicted octanol–water partition coefficient (Wildman–Crippen LogP) is 3.55. The molecule has 0 atom stereocenters. The summed E-state index contributed by atoms with van der Waals surface area (Å²) in [5.41, 5.74) is 2.44. The van der Waals surface area contributed by atoms with Crippen molar-refractivity contribution < 1.29 is 4.79 Å². The summed E-state index contributed by atoms with van der Waals surface area (Å²) in [6, 6.07) is 14.5. The quantitative estimate of drug-likeness (QED) is 0.803. The number of carbonyl (C=O) groups excluding carboxylic acids is 1. The van der Waals surface area contributed by atoms with Gasteiger partial charge in [0.25, 0.3) is 5.91 Å². The first-order valence-electron chi connectivity index (χ1n) is 6.39. The number of nitrogens with zero attached hydrogens (tertiary/aromatic N) is 2. The number of rotatable bonds is 3. The zero-order chi connectivity index (χ0) is 14.7.